The van der Waals surface area contributed by atoms with Crippen LogP contribution in [0, 0.1) is 5.92 Å². The minimum Gasteiger partial charge on any atom is -0.424 e. The standard InChI is InChI=1S/C26H24N6O3/c33-24(31-20-5-6-22-23(17-20)28-12-11-27-22)15-18-7-13-32(14-8-18)25(34)19-3-1-4-21(16-19)35-26-29-9-2-10-30-26/h1-6,9-12,16-18H,7-8,13-15H2,(H,31,33). The summed E-state index contributed by atoms with van der Waals surface area (Å²) in [4.78, 5) is 44.1. The van der Waals surface area contributed by atoms with Crippen LogP contribution in [0.25, 0.3) is 11.0 Å². The van der Waals surface area contributed by atoms with E-state index in [0.29, 0.717) is 36.5 Å². The molecule has 1 aliphatic rings. The third kappa shape index (κ3) is 5.57. The Morgan fingerprint density at radius 3 is 2.46 bits per heavy atom. The molecule has 0 radical (unpaired) electrons. The van der Waals surface area contributed by atoms with Crippen LogP contribution in [0.5, 0.6) is 11.8 Å². The van der Waals surface area contributed by atoms with Crippen molar-refractivity contribution in [3.05, 3.63) is 78.9 Å². The number of nitrogens with zero attached hydrogens (tertiary/aromatic N) is 5. The molecule has 4 aromatic rings. The van der Waals surface area contributed by atoms with Crippen molar-refractivity contribution in [2.45, 2.75) is 19.3 Å². The number of nitrogens with one attached hydrogen (secondary N) is 1. The van der Waals surface area contributed by atoms with E-state index in [9.17, 15) is 9.59 Å². The van der Waals surface area contributed by atoms with Crippen molar-refractivity contribution in [2.75, 3.05) is 18.4 Å². The number of benzene rings is 2. The molecule has 9 heteroatoms. The number of carbonyl (C=O) groups is 2. The highest BCUT2D eigenvalue weighted by Gasteiger charge is 2.25. The maximum Gasteiger partial charge on any atom is 0.321 e. The molecule has 176 valence electrons. The lowest BCUT2D eigenvalue weighted by molar-refractivity contribution is -0.117. The van der Waals surface area contributed by atoms with Gasteiger partial charge < -0.3 is 15.0 Å². The fourth-order valence-electron chi connectivity index (χ4n) is 4.17. The summed E-state index contributed by atoms with van der Waals surface area (Å²) in [6.07, 6.45) is 8.43. The molecule has 1 aliphatic heterocycles. The van der Waals surface area contributed by atoms with Gasteiger partial charge in [-0.1, -0.05) is 6.07 Å². The fourth-order valence-corrected chi connectivity index (χ4v) is 4.17. The molecule has 35 heavy (non-hydrogen) atoms. The molecule has 5 rings (SSSR count). The van der Waals surface area contributed by atoms with Crippen LogP contribution in [0.4, 0.5) is 5.69 Å². The largest absolute Gasteiger partial charge is 0.424 e. The average molecular weight is 469 g/mol. The maximum atomic E-state index is 13.0. The Bertz CT molecular complexity index is 1340. The number of hydrogen-bond acceptors (Lipinski definition) is 7. The molecule has 0 spiro atoms. The zero-order valence-corrected chi connectivity index (χ0v) is 19.0. The van der Waals surface area contributed by atoms with E-state index in [1.54, 1.807) is 55.1 Å². The Labute approximate surface area is 202 Å². The van der Waals surface area contributed by atoms with Crippen LogP contribution in [-0.4, -0.2) is 49.7 Å². The van der Waals surface area contributed by atoms with E-state index >= 15 is 0 Å². The second-order valence-electron chi connectivity index (χ2n) is 8.41. The fraction of sp³-hybridized carbons (Fsp3) is 0.231. The number of amides is 2. The highest BCUT2D eigenvalue weighted by molar-refractivity contribution is 5.95. The van der Waals surface area contributed by atoms with Crippen molar-refractivity contribution in [3.8, 4) is 11.8 Å². The van der Waals surface area contributed by atoms with Gasteiger partial charge in [0.1, 0.15) is 5.75 Å². The van der Waals surface area contributed by atoms with Gasteiger partial charge in [-0.15, -0.1) is 0 Å². The summed E-state index contributed by atoms with van der Waals surface area (Å²) in [5.41, 5.74) is 2.78. The minimum atomic E-state index is -0.0513. The number of fused-ring (bicyclic) bond motifs is 1. The monoisotopic (exact) mass is 468 g/mol. The summed E-state index contributed by atoms with van der Waals surface area (Å²) in [5, 5.41) is 2.96. The number of hydrogen-bond donors (Lipinski definition) is 1. The molecule has 1 fully saturated rings. The lowest BCUT2D eigenvalue weighted by Gasteiger charge is -2.32. The summed E-state index contributed by atoms with van der Waals surface area (Å²) in [6, 6.07) is 14.4. The molecule has 9 nitrogen and oxygen atoms in total. The van der Waals surface area contributed by atoms with Crippen molar-refractivity contribution in [2.24, 2.45) is 5.92 Å². The van der Waals surface area contributed by atoms with Gasteiger partial charge in [-0.05, 0) is 61.2 Å². The van der Waals surface area contributed by atoms with Crippen molar-refractivity contribution >= 4 is 28.5 Å². The Balaban J connectivity index is 1.13. The number of ether oxygens (including phenoxy) is 1. The number of carbonyl (C=O) groups excluding carboxylic acids is 2. The highest BCUT2D eigenvalue weighted by Crippen LogP contribution is 2.25. The third-order valence-corrected chi connectivity index (χ3v) is 5.96. The normalized spacial score (nSPS) is 14.0. The Morgan fingerprint density at radius 1 is 0.886 bits per heavy atom. The van der Waals surface area contributed by atoms with Gasteiger partial charge in [0.15, 0.2) is 0 Å². The molecule has 0 aliphatic carbocycles. The van der Waals surface area contributed by atoms with E-state index in [4.69, 9.17) is 4.74 Å². The van der Waals surface area contributed by atoms with Crippen LogP contribution in [0.3, 0.4) is 0 Å². The van der Waals surface area contributed by atoms with Gasteiger partial charge in [0, 0.05) is 55.5 Å². The van der Waals surface area contributed by atoms with Gasteiger partial charge >= 0.3 is 6.01 Å². The zero-order chi connectivity index (χ0) is 24.0. The zero-order valence-electron chi connectivity index (χ0n) is 19.0. The van der Waals surface area contributed by atoms with Gasteiger partial charge in [-0.25, -0.2) is 9.97 Å². The number of piperidine rings is 1. The number of aromatic nitrogens is 4. The summed E-state index contributed by atoms with van der Waals surface area (Å²) < 4.78 is 5.65. The van der Waals surface area contributed by atoms with E-state index in [1.165, 1.54) is 0 Å². The third-order valence-electron chi connectivity index (χ3n) is 5.96. The SMILES string of the molecule is O=C(CC1CCN(C(=O)c2cccc(Oc3ncccn3)c2)CC1)Nc1ccc2nccnc2c1. The number of rotatable bonds is 6. The molecular weight excluding hydrogens is 444 g/mol. The average Bonchev–Trinajstić information content (AvgIpc) is 2.89. The first-order chi connectivity index (χ1) is 17.1. The van der Waals surface area contributed by atoms with Crippen LogP contribution in [0.2, 0.25) is 0 Å². The summed E-state index contributed by atoms with van der Waals surface area (Å²) in [7, 11) is 0. The molecule has 2 aromatic heterocycles. The second-order valence-corrected chi connectivity index (χ2v) is 8.41. The Morgan fingerprint density at radius 2 is 1.66 bits per heavy atom. The number of anilines is 1. The van der Waals surface area contributed by atoms with Gasteiger partial charge in [0.25, 0.3) is 5.91 Å². The highest BCUT2D eigenvalue weighted by atomic mass is 16.5. The van der Waals surface area contributed by atoms with E-state index in [2.05, 4.69) is 25.3 Å². The predicted molar refractivity (Wildman–Crippen MR) is 130 cm³/mol. The molecule has 2 amide bonds. The smallest absolute Gasteiger partial charge is 0.321 e. The summed E-state index contributed by atoms with van der Waals surface area (Å²) in [6.45, 7) is 1.21. The maximum absolute atomic E-state index is 13.0. The summed E-state index contributed by atoms with van der Waals surface area (Å²) >= 11 is 0. The lowest BCUT2D eigenvalue weighted by Crippen LogP contribution is -2.39. The molecule has 2 aromatic carbocycles. The lowest BCUT2D eigenvalue weighted by atomic mass is 9.92. The van der Waals surface area contributed by atoms with E-state index in [-0.39, 0.29) is 23.7 Å². The first-order valence-corrected chi connectivity index (χ1v) is 11.5. The second kappa shape index (κ2) is 10.3. The molecule has 0 atom stereocenters. The number of likely N-dealkylation sites (tertiary alicyclic amines) is 1. The summed E-state index contributed by atoms with van der Waals surface area (Å²) in [5.74, 6) is 0.646. The molecule has 3 heterocycles. The first-order valence-electron chi connectivity index (χ1n) is 11.5. The van der Waals surface area contributed by atoms with Crippen molar-refractivity contribution in [3.63, 3.8) is 0 Å². The van der Waals surface area contributed by atoms with Gasteiger partial charge in [0.05, 0.1) is 11.0 Å². The van der Waals surface area contributed by atoms with Crippen LogP contribution in [-0.2, 0) is 4.79 Å². The molecule has 0 unspecified atom stereocenters. The van der Waals surface area contributed by atoms with Crippen molar-refractivity contribution in [1.82, 2.24) is 24.8 Å². The van der Waals surface area contributed by atoms with Crippen LogP contribution >= 0.6 is 0 Å². The van der Waals surface area contributed by atoms with Crippen LogP contribution in [0.15, 0.2) is 73.3 Å². The topological polar surface area (TPSA) is 110 Å². The Hall–Kier alpha value is -4.40. The van der Waals surface area contributed by atoms with Gasteiger partial charge in [-0.3, -0.25) is 19.6 Å². The van der Waals surface area contributed by atoms with Crippen LogP contribution < -0.4 is 10.1 Å². The van der Waals surface area contributed by atoms with E-state index in [0.717, 1.165) is 23.9 Å². The van der Waals surface area contributed by atoms with E-state index in [1.807, 2.05) is 23.1 Å². The van der Waals surface area contributed by atoms with Gasteiger partial charge in [0.2, 0.25) is 5.91 Å². The molecule has 0 saturated carbocycles. The minimum absolute atomic E-state index is 0.0361. The Kier molecular flexibility index (Phi) is 6.56. The predicted octanol–water partition coefficient (Wildman–Crippen LogP) is 4.09. The van der Waals surface area contributed by atoms with Crippen molar-refractivity contribution < 1.29 is 14.3 Å². The van der Waals surface area contributed by atoms with Crippen molar-refractivity contribution in [1.29, 1.82) is 0 Å². The molecule has 1 saturated heterocycles. The van der Waals surface area contributed by atoms with E-state index < -0.39 is 0 Å². The quantitative estimate of drug-likeness (QED) is 0.454. The van der Waals surface area contributed by atoms with Gasteiger partial charge in [-0.2, -0.15) is 0 Å². The molecule has 0 bridgehead atoms. The van der Waals surface area contributed by atoms with Crippen LogP contribution in [0.1, 0.15) is 29.6 Å². The molecule has 1 N–H and O–H groups in total. The molecular formula is C26H24N6O3. The first kappa shape index (κ1) is 22.4.